The number of nitrogens with one attached hydrogen (secondary N) is 1. The van der Waals surface area contributed by atoms with Gasteiger partial charge in [-0.2, -0.15) is 0 Å². The molecule has 0 spiro atoms. The fourth-order valence-corrected chi connectivity index (χ4v) is 3.80. The van der Waals surface area contributed by atoms with Gasteiger partial charge in [-0.1, -0.05) is 6.92 Å². The van der Waals surface area contributed by atoms with Crippen molar-refractivity contribution < 1.29 is 0 Å². The second-order valence-electron chi connectivity index (χ2n) is 5.74. The maximum absolute atomic E-state index is 4.86. The van der Waals surface area contributed by atoms with Gasteiger partial charge in [0, 0.05) is 30.6 Å². The van der Waals surface area contributed by atoms with Gasteiger partial charge in [-0.25, -0.2) is 4.98 Å². The molecule has 1 saturated carbocycles. The minimum atomic E-state index is 0.744. The van der Waals surface area contributed by atoms with Crippen LogP contribution in [-0.2, 0) is 26.1 Å². The lowest BCUT2D eigenvalue weighted by Crippen LogP contribution is -2.33. The van der Waals surface area contributed by atoms with Gasteiger partial charge in [-0.3, -0.25) is 0 Å². The average Bonchev–Trinajstić information content (AvgIpc) is 3.07. The molecule has 0 atom stereocenters. The van der Waals surface area contributed by atoms with Gasteiger partial charge in [0.15, 0.2) is 11.0 Å². The smallest absolute Gasteiger partial charge is 0.186 e. The molecule has 4 rings (SSSR count). The molecule has 0 saturated heterocycles. The Morgan fingerprint density at radius 3 is 3.10 bits per heavy atom. The van der Waals surface area contributed by atoms with E-state index in [0.29, 0.717) is 0 Å². The van der Waals surface area contributed by atoms with Crippen molar-refractivity contribution in [3.63, 3.8) is 0 Å². The summed E-state index contributed by atoms with van der Waals surface area (Å²) in [6.07, 6.45) is 5.48. The molecule has 0 radical (unpaired) electrons. The number of nitrogens with zero attached hydrogens (tertiary/aromatic N) is 5. The third kappa shape index (κ3) is 2.67. The SMILES string of the molecule is CCc1nc(N2CCn3cnnc3C2)sc1CNC1CC1. The predicted molar refractivity (Wildman–Crippen MR) is 82.4 cm³/mol. The van der Waals surface area contributed by atoms with Crippen molar-refractivity contribution in [1.82, 2.24) is 25.1 Å². The van der Waals surface area contributed by atoms with Crippen LogP contribution in [0.4, 0.5) is 5.13 Å². The first-order valence-corrected chi connectivity index (χ1v) is 8.48. The highest BCUT2D eigenvalue weighted by atomic mass is 32.1. The summed E-state index contributed by atoms with van der Waals surface area (Å²) < 4.78 is 2.13. The molecule has 1 N–H and O–H groups in total. The molecular formula is C14H20N6S. The van der Waals surface area contributed by atoms with Crippen molar-refractivity contribution in [3.05, 3.63) is 22.7 Å². The molecule has 0 aromatic carbocycles. The second kappa shape index (κ2) is 5.38. The summed E-state index contributed by atoms with van der Waals surface area (Å²) in [5, 5.41) is 12.9. The average molecular weight is 304 g/mol. The van der Waals surface area contributed by atoms with Crippen LogP contribution in [0.1, 0.15) is 36.2 Å². The second-order valence-corrected chi connectivity index (χ2v) is 6.80. The van der Waals surface area contributed by atoms with E-state index >= 15 is 0 Å². The summed E-state index contributed by atoms with van der Waals surface area (Å²) in [6, 6.07) is 0.744. The van der Waals surface area contributed by atoms with E-state index in [-0.39, 0.29) is 0 Å². The van der Waals surface area contributed by atoms with E-state index in [1.165, 1.54) is 23.4 Å². The van der Waals surface area contributed by atoms with Gasteiger partial charge in [0.2, 0.25) is 0 Å². The normalized spacial score (nSPS) is 18.0. The van der Waals surface area contributed by atoms with Gasteiger partial charge >= 0.3 is 0 Å². The zero-order chi connectivity index (χ0) is 14.2. The minimum absolute atomic E-state index is 0.744. The van der Waals surface area contributed by atoms with Crippen LogP contribution in [0.5, 0.6) is 0 Å². The van der Waals surface area contributed by atoms with E-state index < -0.39 is 0 Å². The van der Waals surface area contributed by atoms with Crippen molar-refractivity contribution in [2.75, 3.05) is 11.4 Å². The fourth-order valence-electron chi connectivity index (χ4n) is 2.67. The van der Waals surface area contributed by atoms with E-state index in [1.807, 2.05) is 17.7 Å². The lowest BCUT2D eigenvalue weighted by molar-refractivity contribution is 0.559. The van der Waals surface area contributed by atoms with Gasteiger partial charge in [0.1, 0.15) is 6.33 Å². The molecule has 1 aliphatic carbocycles. The molecule has 3 heterocycles. The number of hydrogen-bond acceptors (Lipinski definition) is 6. The molecule has 0 unspecified atom stereocenters. The number of fused-ring (bicyclic) bond motifs is 1. The zero-order valence-corrected chi connectivity index (χ0v) is 13.1. The summed E-state index contributed by atoms with van der Waals surface area (Å²) in [6.45, 7) is 5.89. The number of hydrogen-bond donors (Lipinski definition) is 1. The molecule has 7 heteroatoms. The number of thiazole rings is 1. The molecule has 1 aliphatic heterocycles. The fraction of sp³-hybridized carbons (Fsp3) is 0.643. The lowest BCUT2D eigenvalue weighted by atomic mass is 10.3. The Labute approximate surface area is 128 Å². The summed E-state index contributed by atoms with van der Waals surface area (Å²) in [5.41, 5.74) is 1.25. The number of anilines is 1. The van der Waals surface area contributed by atoms with Crippen molar-refractivity contribution >= 4 is 16.5 Å². The first-order valence-electron chi connectivity index (χ1n) is 7.67. The third-order valence-electron chi connectivity index (χ3n) is 4.14. The van der Waals surface area contributed by atoms with Crippen LogP contribution in [0.15, 0.2) is 6.33 Å². The molecule has 6 nitrogen and oxygen atoms in total. The maximum atomic E-state index is 4.86. The van der Waals surface area contributed by atoms with E-state index in [2.05, 4.69) is 31.9 Å². The summed E-state index contributed by atoms with van der Waals surface area (Å²) >= 11 is 1.83. The van der Waals surface area contributed by atoms with Gasteiger partial charge < -0.3 is 14.8 Å². The first kappa shape index (κ1) is 13.2. The Bertz CT molecular complexity index is 629. The molecular weight excluding hydrogens is 284 g/mol. The molecule has 1 fully saturated rings. The van der Waals surface area contributed by atoms with Gasteiger partial charge in [0.25, 0.3) is 0 Å². The van der Waals surface area contributed by atoms with Crippen molar-refractivity contribution in [2.24, 2.45) is 0 Å². The minimum Gasteiger partial charge on any atom is -0.339 e. The van der Waals surface area contributed by atoms with Gasteiger partial charge in [-0.15, -0.1) is 21.5 Å². The van der Waals surface area contributed by atoms with Gasteiger partial charge in [0.05, 0.1) is 12.2 Å². The van der Waals surface area contributed by atoms with Gasteiger partial charge in [-0.05, 0) is 19.3 Å². The van der Waals surface area contributed by atoms with E-state index in [0.717, 1.165) is 49.6 Å². The lowest BCUT2D eigenvalue weighted by Gasteiger charge is -2.26. The van der Waals surface area contributed by atoms with Crippen molar-refractivity contribution in [2.45, 2.75) is 51.9 Å². The Morgan fingerprint density at radius 2 is 2.29 bits per heavy atom. The topological polar surface area (TPSA) is 58.9 Å². The molecule has 21 heavy (non-hydrogen) atoms. The predicted octanol–water partition coefficient (Wildman–Crippen LogP) is 1.57. The molecule has 2 aromatic rings. The molecule has 0 bridgehead atoms. The van der Waals surface area contributed by atoms with E-state index in [1.54, 1.807) is 0 Å². The van der Waals surface area contributed by atoms with E-state index in [9.17, 15) is 0 Å². The zero-order valence-electron chi connectivity index (χ0n) is 12.2. The largest absolute Gasteiger partial charge is 0.339 e. The van der Waals surface area contributed by atoms with Crippen LogP contribution in [0.2, 0.25) is 0 Å². The van der Waals surface area contributed by atoms with Crippen LogP contribution in [0, 0.1) is 0 Å². The van der Waals surface area contributed by atoms with Crippen LogP contribution >= 0.6 is 11.3 Å². The molecule has 112 valence electrons. The van der Waals surface area contributed by atoms with Crippen LogP contribution in [0.3, 0.4) is 0 Å². The van der Waals surface area contributed by atoms with Crippen molar-refractivity contribution in [3.8, 4) is 0 Å². The number of aromatic nitrogens is 4. The Morgan fingerprint density at radius 1 is 1.38 bits per heavy atom. The monoisotopic (exact) mass is 304 g/mol. The van der Waals surface area contributed by atoms with Crippen LogP contribution < -0.4 is 10.2 Å². The number of aryl methyl sites for hydroxylation is 1. The molecule has 2 aliphatic rings. The Balaban J connectivity index is 1.52. The Hall–Kier alpha value is -1.47. The highest BCUT2D eigenvalue weighted by Crippen LogP contribution is 2.30. The highest BCUT2D eigenvalue weighted by molar-refractivity contribution is 7.15. The standard InChI is InChI=1S/C14H20N6S/c1-2-11-12(7-15-10-3-4-10)21-14(17-11)19-5-6-20-9-16-18-13(20)8-19/h9-10,15H,2-8H2,1H3. The van der Waals surface area contributed by atoms with Crippen LogP contribution in [-0.4, -0.2) is 32.3 Å². The molecule has 2 aromatic heterocycles. The van der Waals surface area contributed by atoms with E-state index in [4.69, 9.17) is 4.98 Å². The maximum Gasteiger partial charge on any atom is 0.186 e. The quantitative estimate of drug-likeness (QED) is 0.908. The summed E-state index contributed by atoms with van der Waals surface area (Å²) in [7, 11) is 0. The third-order valence-corrected chi connectivity index (χ3v) is 5.30. The molecule has 0 amide bonds. The van der Waals surface area contributed by atoms with Crippen molar-refractivity contribution in [1.29, 1.82) is 0 Å². The highest BCUT2D eigenvalue weighted by Gasteiger charge is 2.24. The Kier molecular flexibility index (Phi) is 3.39. The summed E-state index contributed by atoms with van der Waals surface area (Å²) in [4.78, 5) is 8.58. The van der Waals surface area contributed by atoms with Crippen LogP contribution in [0.25, 0.3) is 0 Å². The first-order chi connectivity index (χ1) is 10.3. The summed E-state index contributed by atoms with van der Waals surface area (Å²) in [5.74, 6) is 1.03. The number of rotatable bonds is 5.